The Hall–Kier alpha value is -2.15. The van der Waals surface area contributed by atoms with Crippen molar-refractivity contribution < 1.29 is 28.2 Å². The van der Waals surface area contributed by atoms with Gasteiger partial charge in [0.15, 0.2) is 11.5 Å². The minimum atomic E-state index is -3.00. The second-order valence-corrected chi connectivity index (χ2v) is 4.18. The molecule has 1 unspecified atom stereocenters. The van der Waals surface area contributed by atoms with E-state index in [-0.39, 0.29) is 23.6 Å². The number of methoxy groups -OCH3 is 1. The molecule has 1 aromatic rings. The van der Waals surface area contributed by atoms with Gasteiger partial charge in [0.2, 0.25) is 5.91 Å². The van der Waals surface area contributed by atoms with Gasteiger partial charge in [-0.25, -0.2) is 0 Å². The molecule has 0 fully saturated rings. The van der Waals surface area contributed by atoms with Gasteiger partial charge in [0.1, 0.15) is 0 Å². The maximum absolute atomic E-state index is 12.4. The molecule has 7 heteroatoms. The van der Waals surface area contributed by atoms with Crippen LogP contribution >= 0.6 is 0 Å². The van der Waals surface area contributed by atoms with Crippen LogP contribution in [0.5, 0.6) is 11.5 Å². The van der Waals surface area contributed by atoms with Crippen LogP contribution in [0.15, 0.2) is 24.3 Å². The van der Waals surface area contributed by atoms with Gasteiger partial charge in [-0.2, -0.15) is 8.78 Å². The summed E-state index contributed by atoms with van der Waals surface area (Å²) in [5, 5.41) is 11.5. The average Bonchev–Trinajstić information content (AvgIpc) is 2.43. The zero-order valence-electron chi connectivity index (χ0n) is 11.7. The second kappa shape index (κ2) is 8.21. The zero-order valence-corrected chi connectivity index (χ0v) is 11.7. The maximum Gasteiger partial charge on any atom is 0.387 e. The number of ether oxygens (including phenoxy) is 2. The van der Waals surface area contributed by atoms with Crippen LogP contribution in [-0.2, 0) is 4.79 Å². The molecule has 0 heterocycles. The Morgan fingerprint density at radius 2 is 2.19 bits per heavy atom. The summed E-state index contributed by atoms with van der Waals surface area (Å²) in [6, 6.07) is 4.58. The molecule has 116 valence electrons. The van der Waals surface area contributed by atoms with E-state index in [4.69, 9.17) is 9.84 Å². The van der Waals surface area contributed by atoms with Gasteiger partial charge in [0, 0.05) is 18.2 Å². The van der Waals surface area contributed by atoms with Gasteiger partial charge in [-0.3, -0.25) is 4.79 Å². The van der Waals surface area contributed by atoms with E-state index >= 15 is 0 Å². The predicted octanol–water partition coefficient (Wildman–Crippen LogP) is 1.81. The summed E-state index contributed by atoms with van der Waals surface area (Å²) in [5.41, 5.74) is 0.279. The molecule has 0 aliphatic carbocycles. The molecule has 1 atom stereocenters. The van der Waals surface area contributed by atoms with Gasteiger partial charge >= 0.3 is 6.61 Å². The number of benzene rings is 1. The fraction of sp³-hybridized carbons (Fsp3) is 0.357. The lowest BCUT2D eigenvalue weighted by Crippen LogP contribution is -2.28. The van der Waals surface area contributed by atoms with Crippen molar-refractivity contribution >= 4 is 12.0 Å². The molecule has 0 aliphatic heterocycles. The molecule has 0 saturated heterocycles. The number of para-hydroxylation sites is 1. The first-order valence-corrected chi connectivity index (χ1v) is 6.19. The summed E-state index contributed by atoms with van der Waals surface area (Å²) in [6.45, 7) is -1.38. The van der Waals surface area contributed by atoms with Gasteiger partial charge in [0.05, 0.1) is 13.2 Å². The second-order valence-electron chi connectivity index (χ2n) is 4.18. The Morgan fingerprint density at radius 1 is 1.48 bits per heavy atom. The van der Waals surface area contributed by atoms with E-state index in [1.165, 1.54) is 32.2 Å². The summed E-state index contributed by atoms with van der Waals surface area (Å²) in [6.07, 6.45) is 1.82. The Balaban J connectivity index is 2.88. The summed E-state index contributed by atoms with van der Waals surface area (Å²) < 4.78 is 34.2. The van der Waals surface area contributed by atoms with Gasteiger partial charge < -0.3 is 19.9 Å². The van der Waals surface area contributed by atoms with Crippen LogP contribution < -0.4 is 14.8 Å². The van der Waals surface area contributed by atoms with Gasteiger partial charge in [0.25, 0.3) is 0 Å². The smallest absolute Gasteiger partial charge is 0.387 e. The zero-order chi connectivity index (χ0) is 15.8. The molecule has 1 rings (SSSR count). The third-order valence-electron chi connectivity index (χ3n) is 2.42. The van der Waals surface area contributed by atoms with E-state index in [1.807, 2.05) is 0 Å². The number of hydrogen-bond acceptors (Lipinski definition) is 4. The highest BCUT2D eigenvalue weighted by Crippen LogP contribution is 2.33. The lowest BCUT2D eigenvalue weighted by molar-refractivity contribution is -0.116. The topological polar surface area (TPSA) is 67.8 Å². The number of carbonyl (C=O) groups excluding carboxylic acids is 1. The molecule has 0 saturated carbocycles. The molecule has 0 bridgehead atoms. The van der Waals surface area contributed by atoms with Crippen LogP contribution in [0, 0.1) is 0 Å². The van der Waals surface area contributed by atoms with Crippen molar-refractivity contribution in [2.45, 2.75) is 19.6 Å². The summed E-state index contributed by atoms with van der Waals surface area (Å²) in [7, 11) is 1.33. The highest BCUT2D eigenvalue weighted by molar-refractivity contribution is 5.92. The van der Waals surface area contributed by atoms with Crippen molar-refractivity contribution in [2.75, 3.05) is 13.7 Å². The standard InChI is InChI=1S/C14H17F2NO4/c1-9(18)8-17-12(19)7-6-10-4-3-5-11(20-2)13(10)21-14(15)16/h3-7,9,14,18H,8H2,1-2H3,(H,17,19)/b7-6+. The van der Waals surface area contributed by atoms with Crippen LogP contribution in [0.2, 0.25) is 0 Å². The first-order chi connectivity index (χ1) is 9.93. The van der Waals surface area contributed by atoms with Crippen LogP contribution in [0.3, 0.4) is 0 Å². The SMILES string of the molecule is COc1cccc(/C=C/C(=O)NCC(C)O)c1OC(F)F. The number of aliphatic hydroxyl groups excluding tert-OH is 1. The number of rotatable bonds is 7. The van der Waals surface area contributed by atoms with Gasteiger partial charge in [-0.15, -0.1) is 0 Å². The van der Waals surface area contributed by atoms with Crippen LogP contribution in [0.4, 0.5) is 8.78 Å². The van der Waals surface area contributed by atoms with Crippen LogP contribution in [0.25, 0.3) is 6.08 Å². The van der Waals surface area contributed by atoms with Crippen molar-refractivity contribution in [2.24, 2.45) is 0 Å². The number of aliphatic hydroxyl groups is 1. The molecule has 0 aliphatic rings. The third kappa shape index (κ3) is 5.78. The molecule has 0 aromatic heterocycles. The summed E-state index contributed by atoms with van der Waals surface area (Å²) in [4.78, 5) is 11.5. The van der Waals surface area contributed by atoms with Crippen LogP contribution in [-0.4, -0.2) is 37.4 Å². The Kier molecular flexibility index (Phi) is 6.61. The largest absolute Gasteiger partial charge is 0.493 e. The number of carbonyl (C=O) groups is 1. The third-order valence-corrected chi connectivity index (χ3v) is 2.42. The lowest BCUT2D eigenvalue weighted by Gasteiger charge is -2.12. The number of halogens is 2. The molecule has 0 spiro atoms. The molecular formula is C14H17F2NO4. The fourth-order valence-corrected chi connectivity index (χ4v) is 1.51. The highest BCUT2D eigenvalue weighted by Gasteiger charge is 2.13. The van der Waals surface area contributed by atoms with Crippen molar-refractivity contribution in [1.29, 1.82) is 0 Å². The van der Waals surface area contributed by atoms with E-state index in [2.05, 4.69) is 10.1 Å². The molecule has 0 radical (unpaired) electrons. The Labute approximate surface area is 121 Å². The summed E-state index contributed by atoms with van der Waals surface area (Å²) >= 11 is 0. The Bertz CT molecular complexity index is 504. The molecule has 1 aromatic carbocycles. The quantitative estimate of drug-likeness (QED) is 0.754. The van der Waals surface area contributed by atoms with Crippen molar-refractivity contribution in [3.63, 3.8) is 0 Å². The Morgan fingerprint density at radius 3 is 2.76 bits per heavy atom. The van der Waals surface area contributed by atoms with E-state index in [1.54, 1.807) is 6.07 Å². The minimum absolute atomic E-state index is 0.0989. The first kappa shape index (κ1) is 16.9. The first-order valence-electron chi connectivity index (χ1n) is 6.19. The van der Waals surface area contributed by atoms with Gasteiger partial charge in [-0.1, -0.05) is 12.1 Å². The number of hydrogen-bond donors (Lipinski definition) is 2. The van der Waals surface area contributed by atoms with Crippen molar-refractivity contribution in [3.8, 4) is 11.5 Å². The van der Waals surface area contributed by atoms with Crippen molar-refractivity contribution in [1.82, 2.24) is 5.32 Å². The molecule has 5 nitrogen and oxygen atoms in total. The number of nitrogens with one attached hydrogen (secondary N) is 1. The monoisotopic (exact) mass is 301 g/mol. The normalized spacial score (nSPS) is 12.5. The van der Waals surface area contributed by atoms with E-state index in [9.17, 15) is 13.6 Å². The number of amides is 1. The van der Waals surface area contributed by atoms with Crippen LogP contribution in [0.1, 0.15) is 12.5 Å². The van der Waals surface area contributed by atoms with Crippen molar-refractivity contribution in [3.05, 3.63) is 29.8 Å². The lowest BCUT2D eigenvalue weighted by atomic mass is 10.1. The predicted molar refractivity (Wildman–Crippen MR) is 73.4 cm³/mol. The molecule has 2 N–H and O–H groups in total. The van der Waals surface area contributed by atoms with E-state index in [0.29, 0.717) is 0 Å². The molecular weight excluding hydrogens is 284 g/mol. The maximum atomic E-state index is 12.4. The highest BCUT2D eigenvalue weighted by atomic mass is 19.3. The molecule has 21 heavy (non-hydrogen) atoms. The van der Waals surface area contributed by atoms with E-state index in [0.717, 1.165) is 6.08 Å². The summed E-state index contributed by atoms with van der Waals surface area (Å²) in [5.74, 6) is -0.460. The number of alkyl halides is 2. The average molecular weight is 301 g/mol. The molecule has 1 amide bonds. The van der Waals surface area contributed by atoms with E-state index < -0.39 is 18.6 Å². The minimum Gasteiger partial charge on any atom is -0.493 e. The van der Waals surface area contributed by atoms with Gasteiger partial charge in [-0.05, 0) is 19.1 Å². The fourth-order valence-electron chi connectivity index (χ4n) is 1.51.